The van der Waals surface area contributed by atoms with Gasteiger partial charge in [0, 0.05) is 16.7 Å². The Bertz CT molecular complexity index is 936. The van der Waals surface area contributed by atoms with Crippen LogP contribution in [0.4, 0.5) is 0 Å². The first-order chi connectivity index (χ1) is 12.7. The predicted molar refractivity (Wildman–Crippen MR) is 105 cm³/mol. The molecule has 2 nitrogen and oxygen atoms in total. The molecule has 0 saturated heterocycles. The highest BCUT2D eigenvalue weighted by molar-refractivity contribution is 5.81. The number of fused-ring (bicyclic) bond motifs is 3. The normalized spacial score (nSPS) is 14.7. The summed E-state index contributed by atoms with van der Waals surface area (Å²) in [7, 11) is 2.13. The van der Waals surface area contributed by atoms with Crippen molar-refractivity contribution in [1.29, 1.82) is 0 Å². The molecule has 2 N–H and O–H groups in total. The van der Waals surface area contributed by atoms with Crippen molar-refractivity contribution < 1.29 is 10.0 Å². The maximum Gasteiger partial charge on any atom is 0.178 e. The SMILES string of the molecule is C[NH+](CC#CC1(O)c2ccccc2-c2ccccc21)Cc1ccccc1. The van der Waals surface area contributed by atoms with E-state index in [2.05, 4.69) is 55.3 Å². The molecule has 0 saturated carbocycles. The number of quaternary nitrogens is 1. The lowest BCUT2D eigenvalue weighted by Gasteiger charge is -2.19. The van der Waals surface area contributed by atoms with Gasteiger partial charge in [-0.15, -0.1) is 0 Å². The second kappa shape index (κ2) is 6.80. The molecule has 26 heavy (non-hydrogen) atoms. The molecule has 1 atom stereocenters. The Morgan fingerprint density at radius 2 is 1.35 bits per heavy atom. The fraction of sp³-hybridized carbons (Fsp3) is 0.167. The van der Waals surface area contributed by atoms with Gasteiger partial charge in [-0.25, -0.2) is 0 Å². The average molecular weight is 340 g/mol. The first-order valence-electron chi connectivity index (χ1n) is 8.95. The van der Waals surface area contributed by atoms with E-state index in [0.717, 1.165) is 28.8 Å². The Labute approximate surface area is 154 Å². The third-order valence-electron chi connectivity index (χ3n) is 4.93. The van der Waals surface area contributed by atoms with Gasteiger partial charge in [0.1, 0.15) is 13.1 Å². The van der Waals surface area contributed by atoms with Crippen LogP contribution in [0, 0.1) is 11.8 Å². The van der Waals surface area contributed by atoms with Crippen molar-refractivity contribution in [3.05, 3.63) is 95.6 Å². The van der Waals surface area contributed by atoms with Gasteiger partial charge in [-0.05, 0) is 17.0 Å². The van der Waals surface area contributed by atoms with Gasteiger partial charge in [0.25, 0.3) is 0 Å². The first kappa shape index (κ1) is 16.6. The Kier molecular flexibility index (Phi) is 4.34. The van der Waals surface area contributed by atoms with Gasteiger partial charge in [-0.3, -0.25) is 0 Å². The van der Waals surface area contributed by atoms with Gasteiger partial charge >= 0.3 is 0 Å². The van der Waals surface area contributed by atoms with Crippen molar-refractivity contribution in [1.82, 2.24) is 0 Å². The monoisotopic (exact) mass is 340 g/mol. The minimum atomic E-state index is -1.22. The molecule has 3 aromatic rings. The summed E-state index contributed by atoms with van der Waals surface area (Å²) in [4.78, 5) is 1.30. The van der Waals surface area contributed by atoms with Gasteiger partial charge in [0.15, 0.2) is 5.60 Å². The van der Waals surface area contributed by atoms with Gasteiger partial charge < -0.3 is 10.0 Å². The highest BCUT2D eigenvalue weighted by atomic mass is 16.3. The van der Waals surface area contributed by atoms with E-state index in [1.165, 1.54) is 10.5 Å². The molecule has 0 amide bonds. The molecule has 1 aliphatic rings. The van der Waals surface area contributed by atoms with Crippen LogP contribution in [-0.2, 0) is 12.1 Å². The molecule has 3 aromatic carbocycles. The highest BCUT2D eigenvalue weighted by Gasteiger charge is 2.39. The molecule has 2 heteroatoms. The van der Waals surface area contributed by atoms with Crippen LogP contribution in [0.15, 0.2) is 78.9 Å². The molecular formula is C24H22NO+. The number of rotatable bonds is 3. The predicted octanol–water partition coefficient (Wildman–Crippen LogP) is 2.62. The lowest BCUT2D eigenvalue weighted by atomic mass is 9.92. The fourth-order valence-corrected chi connectivity index (χ4v) is 3.68. The van der Waals surface area contributed by atoms with Crippen LogP contribution >= 0.6 is 0 Å². The van der Waals surface area contributed by atoms with Crippen LogP contribution in [0.25, 0.3) is 11.1 Å². The first-order valence-corrected chi connectivity index (χ1v) is 8.95. The van der Waals surface area contributed by atoms with E-state index in [0.29, 0.717) is 6.54 Å². The molecule has 1 unspecified atom stereocenters. The van der Waals surface area contributed by atoms with Gasteiger partial charge in [0.05, 0.1) is 7.05 Å². The summed E-state index contributed by atoms with van der Waals surface area (Å²) in [6.45, 7) is 1.60. The largest absolute Gasteiger partial charge is 0.369 e. The summed E-state index contributed by atoms with van der Waals surface area (Å²) in [6.07, 6.45) is 0. The molecule has 128 valence electrons. The summed E-state index contributed by atoms with van der Waals surface area (Å²) in [5, 5.41) is 11.4. The zero-order valence-electron chi connectivity index (χ0n) is 14.9. The summed E-state index contributed by atoms with van der Waals surface area (Å²) in [5.74, 6) is 6.40. The van der Waals surface area contributed by atoms with Crippen LogP contribution < -0.4 is 4.90 Å². The second-order valence-electron chi connectivity index (χ2n) is 6.90. The number of hydrogen-bond acceptors (Lipinski definition) is 1. The van der Waals surface area contributed by atoms with Crippen molar-refractivity contribution in [3.63, 3.8) is 0 Å². The number of nitrogens with one attached hydrogen (secondary N) is 1. The van der Waals surface area contributed by atoms with Gasteiger partial charge in [-0.2, -0.15) is 0 Å². The highest BCUT2D eigenvalue weighted by Crippen LogP contribution is 2.46. The fourth-order valence-electron chi connectivity index (χ4n) is 3.68. The molecule has 4 rings (SSSR count). The van der Waals surface area contributed by atoms with Crippen molar-refractivity contribution in [2.45, 2.75) is 12.1 Å². The van der Waals surface area contributed by atoms with Gasteiger partial charge in [-0.1, -0.05) is 84.8 Å². The van der Waals surface area contributed by atoms with E-state index in [4.69, 9.17) is 0 Å². The quantitative estimate of drug-likeness (QED) is 0.704. The minimum Gasteiger partial charge on any atom is -0.369 e. The summed E-state index contributed by atoms with van der Waals surface area (Å²) >= 11 is 0. The third kappa shape index (κ3) is 2.93. The summed E-state index contributed by atoms with van der Waals surface area (Å²) in [6, 6.07) is 26.4. The van der Waals surface area contributed by atoms with E-state index < -0.39 is 5.60 Å². The maximum atomic E-state index is 11.4. The number of benzene rings is 3. The van der Waals surface area contributed by atoms with Crippen LogP contribution in [0.1, 0.15) is 16.7 Å². The Morgan fingerprint density at radius 1 is 0.808 bits per heavy atom. The van der Waals surface area contributed by atoms with Crippen molar-refractivity contribution in [3.8, 4) is 23.0 Å². The molecule has 0 aliphatic heterocycles. The molecule has 0 heterocycles. The summed E-state index contributed by atoms with van der Waals surface area (Å²) < 4.78 is 0. The lowest BCUT2D eigenvalue weighted by molar-refractivity contribution is -0.886. The molecular weight excluding hydrogens is 318 g/mol. The smallest absolute Gasteiger partial charge is 0.178 e. The zero-order chi connectivity index (χ0) is 18.0. The zero-order valence-corrected chi connectivity index (χ0v) is 14.9. The van der Waals surface area contributed by atoms with E-state index in [1.807, 2.05) is 42.5 Å². The third-order valence-corrected chi connectivity index (χ3v) is 4.93. The second-order valence-corrected chi connectivity index (χ2v) is 6.90. The van der Waals surface area contributed by atoms with Crippen molar-refractivity contribution in [2.24, 2.45) is 0 Å². The topological polar surface area (TPSA) is 24.7 Å². The Balaban J connectivity index is 1.59. The minimum absolute atomic E-state index is 0.682. The van der Waals surface area contributed by atoms with E-state index in [1.54, 1.807) is 0 Å². The van der Waals surface area contributed by atoms with Crippen LogP contribution in [0.3, 0.4) is 0 Å². The van der Waals surface area contributed by atoms with Crippen molar-refractivity contribution >= 4 is 0 Å². The lowest BCUT2D eigenvalue weighted by Crippen LogP contribution is -3.07. The number of aliphatic hydroxyl groups is 1. The van der Waals surface area contributed by atoms with Gasteiger partial charge in [0.2, 0.25) is 0 Å². The summed E-state index contributed by atoms with van der Waals surface area (Å²) in [5.41, 5.74) is 3.99. The van der Waals surface area contributed by atoms with E-state index in [-0.39, 0.29) is 0 Å². The Morgan fingerprint density at radius 3 is 1.96 bits per heavy atom. The standard InChI is InChI=1S/C24H21NO/c1-25(18-19-10-3-2-4-11-19)17-9-16-24(26)22-14-7-5-12-20(22)21-13-6-8-15-23(21)24/h2-8,10-15,26H,17-18H2,1H3/p+1. The number of hydrogen-bond donors (Lipinski definition) is 2. The molecule has 0 aromatic heterocycles. The van der Waals surface area contributed by atoms with E-state index in [9.17, 15) is 5.11 Å². The van der Waals surface area contributed by atoms with Crippen LogP contribution in [0.2, 0.25) is 0 Å². The van der Waals surface area contributed by atoms with Crippen LogP contribution in [-0.4, -0.2) is 18.7 Å². The molecule has 0 fully saturated rings. The van der Waals surface area contributed by atoms with E-state index >= 15 is 0 Å². The molecule has 1 aliphatic carbocycles. The molecule has 0 radical (unpaired) electrons. The molecule has 0 bridgehead atoms. The maximum absolute atomic E-state index is 11.4. The molecule has 0 spiro atoms. The van der Waals surface area contributed by atoms with Crippen LogP contribution in [0.5, 0.6) is 0 Å². The Hall–Kier alpha value is -2.86. The average Bonchev–Trinajstić information content (AvgIpc) is 2.93. The van der Waals surface area contributed by atoms with Crippen molar-refractivity contribution in [2.75, 3.05) is 13.6 Å².